The van der Waals surface area contributed by atoms with E-state index < -0.39 is 25.5 Å². The SMILES string of the molecule is COc1cc2c(cc1OCC(O)COCC(F)(F)F)CCN1CC(CC(C)(C)C)C(O)CC21. The fraction of sp³-hybridized carbons (Fsp3) is 0.750. The summed E-state index contributed by atoms with van der Waals surface area (Å²) in [5.41, 5.74) is 2.35. The molecule has 0 aliphatic carbocycles. The predicted octanol–water partition coefficient (Wildman–Crippen LogP) is 3.73. The van der Waals surface area contributed by atoms with Gasteiger partial charge >= 0.3 is 6.18 Å². The van der Waals surface area contributed by atoms with Crippen LogP contribution in [0.2, 0.25) is 0 Å². The maximum absolute atomic E-state index is 12.2. The Morgan fingerprint density at radius 3 is 2.52 bits per heavy atom. The van der Waals surface area contributed by atoms with Crippen molar-refractivity contribution in [1.82, 2.24) is 4.90 Å². The van der Waals surface area contributed by atoms with E-state index in [0.717, 1.165) is 37.1 Å². The number of fused-ring (bicyclic) bond motifs is 3. The van der Waals surface area contributed by atoms with Crippen molar-refractivity contribution in [3.05, 3.63) is 23.3 Å². The highest BCUT2D eigenvalue weighted by atomic mass is 19.4. The number of halogens is 3. The third-order valence-electron chi connectivity index (χ3n) is 6.25. The van der Waals surface area contributed by atoms with Gasteiger partial charge in [0.15, 0.2) is 11.5 Å². The number of hydrogen-bond donors (Lipinski definition) is 2. The Morgan fingerprint density at radius 1 is 1.15 bits per heavy atom. The monoisotopic (exact) mass is 475 g/mol. The maximum Gasteiger partial charge on any atom is 0.411 e. The number of aliphatic hydroxyl groups is 2. The van der Waals surface area contributed by atoms with Crippen LogP contribution in [0, 0.1) is 11.3 Å². The zero-order chi connectivity index (χ0) is 24.4. The Hall–Kier alpha value is -1.55. The van der Waals surface area contributed by atoms with Gasteiger partial charge in [-0.1, -0.05) is 20.8 Å². The van der Waals surface area contributed by atoms with Gasteiger partial charge in [0, 0.05) is 19.1 Å². The van der Waals surface area contributed by atoms with Crippen molar-refractivity contribution in [2.24, 2.45) is 11.3 Å². The van der Waals surface area contributed by atoms with Crippen molar-refractivity contribution in [2.45, 2.75) is 64.5 Å². The van der Waals surface area contributed by atoms with Gasteiger partial charge in [-0.15, -0.1) is 0 Å². The van der Waals surface area contributed by atoms with E-state index in [-0.39, 0.29) is 30.1 Å². The zero-order valence-corrected chi connectivity index (χ0v) is 19.8. The Morgan fingerprint density at radius 2 is 1.88 bits per heavy atom. The number of ether oxygens (including phenoxy) is 3. The lowest BCUT2D eigenvalue weighted by Gasteiger charge is -2.47. The van der Waals surface area contributed by atoms with Gasteiger partial charge in [0.1, 0.15) is 19.3 Å². The molecule has 0 bridgehead atoms. The second kappa shape index (κ2) is 10.4. The third kappa shape index (κ3) is 7.21. The molecule has 0 aromatic heterocycles. The molecular weight excluding hydrogens is 439 g/mol. The van der Waals surface area contributed by atoms with Crippen LogP contribution < -0.4 is 9.47 Å². The molecular formula is C24H36F3NO5. The molecule has 0 amide bonds. The Balaban J connectivity index is 1.66. The van der Waals surface area contributed by atoms with Crippen molar-refractivity contribution in [2.75, 3.05) is 40.0 Å². The number of hydrogen-bond acceptors (Lipinski definition) is 6. The van der Waals surface area contributed by atoms with Crippen LogP contribution in [0.1, 0.15) is 50.8 Å². The molecule has 2 aliphatic heterocycles. The highest BCUT2D eigenvalue weighted by Crippen LogP contribution is 2.44. The molecule has 2 heterocycles. The molecule has 6 nitrogen and oxygen atoms in total. The fourth-order valence-electron chi connectivity index (χ4n) is 4.90. The third-order valence-corrected chi connectivity index (χ3v) is 6.25. The van der Waals surface area contributed by atoms with Crippen molar-refractivity contribution in [3.63, 3.8) is 0 Å². The molecule has 4 unspecified atom stereocenters. The van der Waals surface area contributed by atoms with Gasteiger partial charge in [-0.3, -0.25) is 4.90 Å². The number of nitrogens with zero attached hydrogens (tertiary/aromatic N) is 1. The first-order chi connectivity index (χ1) is 15.4. The predicted molar refractivity (Wildman–Crippen MR) is 118 cm³/mol. The van der Waals surface area contributed by atoms with Gasteiger partial charge in [-0.05, 0) is 53.9 Å². The topological polar surface area (TPSA) is 71.4 Å². The molecule has 0 saturated carbocycles. The molecule has 2 N–H and O–H groups in total. The summed E-state index contributed by atoms with van der Waals surface area (Å²) in [6.07, 6.45) is -3.55. The highest BCUT2D eigenvalue weighted by molar-refractivity contribution is 5.49. The Kier molecular flexibility index (Phi) is 8.19. The highest BCUT2D eigenvalue weighted by Gasteiger charge is 2.40. The van der Waals surface area contributed by atoms with E-state index >= 15 is 0 Å². The standard InChI is InChI=1S/C24H36F3NO5/c1-23(2,3)10-16-11-28-6-5-15-7-22(33-13-17(29)12-32-14-24(25,26)27)21(31-4)8-18(15)19(28)9-20(16)30/h7-8,16-17,19-20,29-30H,5-6,9-14H2,1-4H3. The van der Waals surface area contributed by atoms with Crippen LogP contribution in [-0.4, -0.2) is 73.5 Å². The normalized spacial score (nSPS) is 24.7. The minimum atomic E-state index is -4.43. The van der Waals surface area contributed by atoms with E-state index in [2.05, 4.69) is 30.4 Å². The summed E-state index contributed by atoms with van der Waals surface area (Å²) in [6.45, 7) is 6.23. The van der Waals surface area contributed by atoms with Gasteiger partial charge < -0.3 is 24.4 Å². The van der Waals surface area contributed by atoms with E-state index in [4.69, 9.17) is 9.47 Å². The number of piperidine rings is 1. The molecule has 4 atom stereocenters. The lowest BCUT2D eigenvalue weighted by atomic mass is 9.75. The minimum absolute atomic E-state index is 0.101. The van der Waals surface area contributed by atoms with E-state index in [1.54, 1.807) is 0 Å². The van der Waals surface area contributed by atoms with Crippen molar-refractivity contribution in [1.29, 1.82) is 0 Å². The average molecular weight is 476 g/mol. The number of methoxy groups -OCH3 is 1. The molecule has 33 heavy (non-hydrogen) atoms. The first-order valence-corrected chi connectivity index (χ1v) is 11.4. The summed E-state index contributed by atoms with van der Waals surface area (Å²) in [7, 11) is 1.52. The molecule has 3 rings (SSSR count). The summed E-state index contributed by atoms with van der Waals surface area (Å²) in [5.74, 6) is 1.17. The molecule has 1 aromatic rings. The molecule has 0 spiro atoms. The summed E-state index contributed by atoms with van der Waals surface area (Å²) >= 11 is 0. The Bertz CT molecular complexity index is 796. The molecule has 0 radical (unpaired) electrons. The fourth-order valence-corrected chi connectivity index (χ4v) is 4.90. The van der Waals surface area contributed by atoms with Crippen LogP contribution in [0.4, 0.5) is 13.2 Å². The van der Waals surface area contributed by atoms with Crippen LogP contribution in [0.3, 0.4) is 0 Å². The van der Waals surface area contributed by atoms with E-state index in [0.29, 0.717) is 17.9 Å². The second-order valence-corrected chi connectivity index (χ2v) is 10.4. The molecule has 1 aromatic carbocycles. The van der Waals surface area contributed by atoms with E-state index in [1.165, 1.54) is 7.11 Å². The smallest absolute Gasteiger partial charge is 0.411 e. The average Bonchev–Trinajstić information content (AvgIpc) is 2.70. The van der Waals surface area contributed by atoms with Gasteiger partial charge in [0.05, 0.1) is 19.8 Å². The first-order valence-electron chi connectivity index (χ1n) is 11.4. The van der Waals surface area contributed by atoms with Crippen molar-refractivity contribution in [3.8, 4) is 11.5 Å². The minimum Gasteiger partial charge on any atom is -0.493 e. The number of rotatable bonds is 8. The molecule has 2 aliphatic rings. The van der Waals surface area contributed by atoms with E-state index in [1.807, 2.05) is 12.1 Å². The lowest BCUT2D eigenvalue weighted by Crippen LogP contribution is -2.48. The number of aliphatic hydroxyl groups excluding tert-OH is 2. The van der Waals surface area contributed by atoms with Gasteiger partial charge in [-0.25, -0.2) is 0 Å². The largest absolute Gasteiger partial charge is 0.493 e. The quantitative estimate of drug-likeness (QED) is 0.597. The summed E-state index contributed by atoms with van der Waals surface area (Å²) in [6, 6.07) is 3.90. The van der Waals surface area contributed by atoms with Gasteiger partial charge in [-0.2, -0.15) is 13.2 Å². The zero-order valence-electron chi connectivity index (χ0n) is 19.8. The van der Waals surface area contributed by atoms with Crippen LogP contribution in [0.5, 0.6) is 11.5 Å². The van der Waals surface area contributed by atoms with Gasteiger partial charge in [0.25, 0.3) is 0 Å². The van der Waals surface area contributed by atoms with E-state index in [9.17, 15) is 23.4 Å². The van der Waals surface area contributed by atoms with Crippen LogP contribution in [-0.2, 0) is 11.2 Å². The summed E-state index contributed by atoms with van der Waals surface area (Å²) in [5, 5.41) is 20.8. The summed E-state index contributed by atoms with van der Waals surface area (Å²) in [4.78, 5) is 2.44. The Labute approximate surface area is 193 Å². The van der Waals surface area contributed by atoms with Crippen LogP contribution in [0.25, 0.3) is 0 Å². The molecule has 1 saturated heterocycles. The molecule has 188 valence electrons. The molecule has 9 heteroatoms. The van der Waals surface area contributed by atoms with Crippen LogP contribution >= 0.6 is 0 Å². The second-order valence-electron chi connectivity index (χ2n) is 10.4. The number of benzene rings is 1. The molecule has 1 fully saturated rings. The van der Waals surface area contributed by atoms with Crippen molar-refractivity contribution >= 4 is 0 Å². The number of alkyl halides is 3. The lowest BCUT2D eigenvalue weighted by molar-refractivity contribution is -0.179. The van der Waals surface area contributed by atoms with Crippen molar-refractivity contribution < 1.29 is 37.6 Å². The van der Waals surface area contributed by atoms with Crippen LogP contribution in [0.15, 0.2) is 12.1 Å². The summed E-state index contributed by atoms with van der Waals surface area (Å²) < 4.78 is 52.2. The maximum atomic E-state index is 12.2. The first kappa shape index (κ1) is 26.1. The van der Waals surface area contributed by atoms with Gasteiger partial charge in [0.2, 0.25) is 0 Å².